The average Bonchev–Trinajstić information content (AvgIpc) is 2.95. The van der Waals surface area contributed by atoms with Crippen LogP contribution in [0.2, 0.25) is 0 Å². The van der Waals surface area contributed by atoms with Crippen LogP contribution >= 0.6 is 0 Å². The van der Waals surface area contributed by atoms with Gasteiger partial charge in [-0.2, -0.15) is 0 Å². The third kappa shape index (κ3) is 25.9. The lowest BCUT2D eigenvalue weighted by molar-refractivity contribution is 0.0343. The number of ether oxygens (including phenoxy) is 1. The average molecular weight is 575 g/mol. The number of allylic oxidation sites excluding steroid dienone is 5. The number of unbranched alkanes of at least 4 members (excludes halogenated alkanes) is 11. The molecule has 0 radical (unpaired) electrons. The van der Waals surface area contributed by atoms with Gasteiger partial charge < -0.3 is 14.5 Å². The zero-order chi connectivity index (χ0) is 30.4. The van der Waals surface area contributed by atoms with Crippen LogP contribution in [-0.2, 0) is 4.74 Å². The predicted octanol–water partition coefficient (Wildman–Crippen LogP) is 11.1. The van der Waals surface area contributed by atoms with Gasteiger partial charge >= 0.3 is 6.09 Å². The minimum atomic E-state index is -0.162. The van der Waals surface area contributed by atoms with Gasteiger partial charge in [0.25, 0.3) is 0 Å². The van der Waals surface area contributed by atoms with Crippen molar-refractivity contribution in [3.8, 4) is 0 Å². The van der Waals surface area contributed by atoms with E-state index < -0.39 is 0 Å². The maximum Gasteiger partial charge on any atom is 0.409 e. The largest absolute Gasteiger partial charge is 0.445 e. The minimum absolute atomic E-state index is 0.0525. The maximum atomic E-state index is 13.2. The van der Waals surface area contributed by atoms with Crippen LogP contribution in [0.1, 0.15) is 149 Å². The topological polar surface area (TPSA) is 32.8 Å². The molecule has 0 bridgehead atoms. The van der Waals surface area contributed by atoms with Crippen LogP contribution < -0.4 is 0 Å². The first-order valence-corrected chi connectivity index (χ1v) is 17.5. The fourth-order valence-corrected chi connectivity index (χ4v) is 5.14. The van der Waals surface area contributed by atoms with Crippen LogP contribution in [-0.4, -0.2) is 56.2 Å². The van der Waals surface area contributed by atoms with E-state index in [4.69, 9.17) is 4.74 Å². The fourth-order valence-electron chi connectivity index (χ4n) is 5.14. The molecule has 0 aliphatic carbocycles. The quantitative estimate of drug-likeness (QED) is 0.0688. The highest BCUT2D eigenvalue weighted by Crippen LogP contribution is 2.26. The lowest BCUT2D eigenvalue weighted by Crippen LogP contribution is -2.35. The van der Waals surface area contributed by atoms with Crippen LogP contribution in [0.3, 0.4) is 0 Å². The van der Waals surface area contributed by atoms with Crippen molar-refractivity contribution in [3.05, 3.63) is 36.5 Å². The van der Waals surface area contributed by atoms with Crippen molar-refractivity contribution in [2.24, 2.45) is 5.92 Å². The summed E-state index contributed by atoms with van der Waals surface area (Å²) in [5.74, 6) is 0.399. The molecule has 0 saturated carbocycles. The van der Waals surface area contributed by atoms with E-state index in [0.717, 1.165) is 70.9 Å². The van der Waals surface area contributed by atoms with Crippen LogP contribution in [0.5, 0.6) is 0 Å². The van der Waals surface area contributed by atoms with Gasteiger partial charge in [0.1, 0.15) is 6.10 Å². The second-order valence-corrected chi connectivity index (χ2v) is 12.3. The molecule has 41 heavy (non-hydrogen) atoms. The summed E-state index contributed by atoms with van der Waals surface area (Å²) in [6, 6.07) is 0. The molecule has 4 nitrogen and oxygen atoms in total. The summed E-state index contributed by atoms with van der Waals surface area (Å²) in [5.41, 5.74) is 0. The summed E-state index contributed by atoms with van der Waals surface area (Å²) in [7, 11) is 6.04. The lowest BCUT2D eigenvalue weighted by atomic mass is 9.88. The van der Waals surface area contributed by atoms with Crippen molar-refractivity contribution in [3.63, 3.8) is 0 Å². The molecule has 1 unspecified atom stereocenters. The van der Waals surface area contributed by atoms with E-state index in [1.54, 1.807) is 4.90 Å². The third-order valence-corrected chi connectivity index (χ3v) is 7.87. The Morgan fingerprint density at radius 2 is 1.02 bits per heavy atom. The highest BCUT2D eigenvalue weighted by atomic mass is 16.6. The molecule has 0 heterocycles. The molecule has 0 rings (SSSR count). The molecule has 0 spiro atoms. The van der Waals surface area contributed by atoms with Gasteiger partial charge in [-0.25, -0.2) is 4.79 Å². The first-order chi connectivity index (χ1) is 20.0. The van der Waals surface area contributed by atoms with Gasteiger partial charge in [-0.05, 0) is 110 Å². The molecule has 0 aromatic rings. The van der Waals surface area contributed by atoms with Crippen molar-refractivity contribution in [1.82, 2.24) is 9.80 Å². The van der Waals surface area contributed by atoms with Crippen molar-refractivity contribution < 1.29 is 9.53 Å². The molecule has 4 heteroatoms. The van der Waals surface area contributed by atoms with E-state index >= 15 is 0 Å². The number of nitrogens with zero attached hydrogens (tertiary/aromatic N) is 2. The van der Waals surface area contributed by atoms with Gasteiger partial charge in [0.05, 0.1) is 0 Å². The third-order valence-electron chi connectivity index (χ3n) is 7.87. The number of rotatable bonds is 28. The number of amides is 1. The highest BCUT2D eigenvalue weighted by Gasteiger charge is 2.25. The van der Waals surface area contributed by atoms with E-state index in [9.17, 15) is 4.79 Å². The molecular weight excluding hydrogens is 504 g/mol. The second-order valence-electron chi connectivity index (χ2n) is 12.3. The SMILES string of the molecule is CCCCC/C=C\CCCC(CCC/C=C\CCCCC)C(C/C=C/CCCCC)OC(=O)N(C)CCCN(C)C. The molecule has 240 valence electrons. The van der Waals surface area contributed by atoms with E-state index in [1.807, 2.05) is 7.05 Å². The summed E-state index contributed by atoms with van der Waals surface area (Å²) in [4.78, 5) is 17.1. The van der Waals surface area contributed by atoms with Gasteiger partial charge in [-0.1, -0.05) is 95.8 Å². The summed E-state index contributed by atoms with van der Waals surface area (Å²) >= 11 is 0. The van der Waals surface area contributed by atoms with Crippen LogP contribution in [0.15, 0.2) is 36.5 Å². The Hall–Kier alpha value is -1.55. The lowest BCUT2D eigenvalue weighted by Gasteiger charge is -2.29. The van der Waals surface area contributed by atoms with Crippen molar-refractivity contribution in [1.29, 1.82) is 0 Å². The Kier molecular flexibility index (Phi) is 28.8. The van der Waals surface area contributed by atoms with Crippen molar-refractivity contribution >= 4 is 6.09 Å². The van der Waals surface area contributed by atoms with Gasteiger partial charge in [-0.15, -0.1) is 0 Å². The summed E-state index contributed by atoms with van der Waals surface area (Å²) in [6.07, 6.45) is 37.5. The number of carbonyl (C=O) groups is 1. The molecule has 0 aliphatic rings. The zero-order valence-corrected chi connectivity index (χ0v) is 28.4. The minimum Gasteiger partial charge on any atom is -0.445 e. The first-order valence-electron chi connectivity index (χ1n) is 17.5. The molecule has 0 aliphatic heterocycles. The van der Waals surface area contributed by atoms with E-state index in [1.165, 1.54) is 70.6 Å². The Bertz CT molecular complexity index is 629. The molecule has 0 aromatic heterocycles. The molecule has 0 aromatic carbocycles. The molecule has 0 fully saturated rings. The summed E-state index contributed by atoms with van der Waals surface area (Å²) in [5, 5.41) is 0. The maximum absolute atomic E-state index is 13.2. The van der Waals surface area contributed by atoms with Crippen molar-refractivity contribution in [2.75, 3.05) is 34.2 Å². The van der Waals surface area contributed by atoms with Gasteiger partial charge in [0.15, 0.2) is 0 Å². The highest BCUT2D eigenvalue weighted by molar-refractivity contribution is 5.67. The Morgan fingerprint density at radius 1 is 0.585 bits per heavy atom. The summed E-state index contributed by atoms with van der Waals surface area (Å²) in [6.45, 7) is 8.48. The van der Waals surface area contributed by atoms with Gasteiger partial charge in [0.2, 0.25) is 0 Å². The standard InChI is InChI=1S/C37H70N2O2/c1-7-10-13-16-19-21-23-26-30-35(31-27-24-22-20-17-14-11-8-2)36(32-28-25-18-15-12-9-3)41-37(40)39(6)34-29-33-38(4)5/h19-22,25,28,35-36H,7-18,23-24,26-27,29-34H2,1-6H3/b21-19-,22-20-,28-25+. The Morgan fingerprint density at radius 3 is 1.46 bits per heavy atom. The zero-order valence-electron chi connectivity index (χ0n) is 28.4. The molecule has 0 N–H and O–H groups in total. The number of hydrogen-bond donors (Lipinski definition) is 0. The Balaban J connectivity index is 5.28. The van der Waals surface area contributed by atoms with Gasteiger partial charge in [0, 0.05) is 20.0 Å². The molecule has 1 atom stereocenters. The smallest absolute Gasteiger partial charge is 0.409 e. The molecule has 0 saturated heterocycles. The fraction of sp³-hybridized carbons (Fsp3) is 0.811. The normalized spacial score (nSPS) is 13.0. The monoisotopic (exact) mass is 575 g/mol. The van der Waals surface area contributed by atoms with Crippen molar-refractivity contribution in [2.45, 2.75) is 155 Å². The van der Waals surface area contributed by atoms with E-state index in [0.29, 0.717) is 5.92 Å². The number of hydrogen-bond acceptors (Lipinski definition) is 3. The number of carbonyl (C=O) groups excluding carboxylic acids is 1. The van der Waals surface area contributed by atoms with Crippen LogP contribution in [0.25, 0.3) is 0 Å². The van der Waals surface area contributed by atoms with E-state index in [-0.39, 0.29) is 12.2 Å². The second kappa shape index (κ2) is 29.9. The molecule has 1 amide bonds. The van der Waals surface area contributed by atoms with E-state index in [2.05, 4.69) is 76.2 Å². The first kappa shape index (κ1) is 39.5. The summed E-state index contributed by atoms with van der Waals surface area (Å²) < 4.78 is 6.29. The predicted molar refractivity (Wildman–Crippen MR) is 182 cm³/mol. The molecular formula is C37H70N2O2. The van der Waals surface area contributed by atoms with Crippen LogP contribution in [0.4, 0.5) is 4.79 Å². The Labute approximate surface area is 257 Å². The van der Waals surface area contributed by atoms with Crippen LogP contribution in [0, 0.1) is 5.92 Å². The van der Waals surface area contributed by atoms with Gasteiger partial charge in [-0.3, -0.25) is 0 Å².